The summed E-state index contributed by atoms with van der Waals surface area (Å²) in [5.74, 6) is -0.267. The highest BCUT2D eigenvalue weighted by atomic mass is 35.5. The summed E-state index contributed by atoms with van der Waals surface area (Å²) in [6.45, 7) is 3.18. The first-order chi connectivity index (χ1) is 14.9. The van der Waals surface area contributed by atoms with E-state index in [1.807, 2.05) is 12.1 Å². The molecule has 0 unspecified atom stereocenters. The summed E-state index contributed by atoms with van der Waals surface area (Å²) in [7, 11) is 1.43. The maximum absolute atomic E-state index is 12.7. The van der Waals surface area contributed by atoms with E-state index in [-0.39, 0.29) is 21.4 Å². The summed E-state index contributed by atoms with van der Waals surface area (Å²) in [4.78, 5) is 19.5. The molecule has 162 valence electrons. The monoisotopic (exact) mass is 496 g/mol. The van der Waals surface area contributed by atoms with Crippen LogP contribution in [0, 0.1) is 0 Å². The summed E-state index contributed by atoms with van der Waals surface area (Å²) in [6.07, 6.45) is 0. The molecule has 11 heteroatoms. The summed E-state index contributed by atoms with van der Waals surface area (Å²) in [6, 6.07) is 9.09. The van der Waals surface area contributed by atoms with Crippen LogP contribution in [0.15, 0.2) is 30.3 Å². The first-order valence-corrected chi connectivity index (χ1v) is 11.3. The van der Waals surface area contributed by atoms with E-state index < -0.39 is 5.91 Å². The van der Waals surface area contributed by atoms with Crippen LogP contribution in [-0.4, -0.2) is 49.4 Å². The lowest BCUT2D eigenvalue weighted by molar-refractivity contribution is 0.0974. The Morgan fingerprint density at radius 1 is 1.26 bits per heavy atom. The number of methoxy groups -OCH3 is 1. The number of carbonyl (C=O) groups is 1. The molecule has 1 aromatic heterocycles. The minimum absolute atomic E-state index is 0.107. The average Bonchev–Trinajstić information content (AvgIpc) is 3.15. The average molecular weight is 497 g/mol. The van der Waals surface area contributed by atoms with Gasteiger partial charge in [-0.1, -0.05) is 34.5 Å². The highest BCUT2D eigenvalue weighted by Crippen LogP contribution is 2.32. The van der Waals surface area contributed by atoms with Crippen LogP contribution >= 0.6 is 46.8 Å². The van der Waals surface area contributed by atoms with E-state index in [1.54, 1.807) is 0 Å². The third kappa shape index (κ3) is 5.02. The van der Waals surface area contributed by atoms with Crippen molar-refractivity contribution in [3.05, 3.63) is 45.9 Å². The second kappa shape index (κ2) is 9.54. The molecule has 0 saturated carbocycles. The molecular formula is C20H18Cl2N4O3S2. The van der Waals surface area contributed by atoms with Gasteiger partial charge in [0.2, 0.25) is 0 Å². The Kier molecular flexibility index (Phi) is 6.78. The molecule has 2 heterocycles. The number of hydrogen-bond donors (Lipinski definition) is 2. The van der Waals surface area contributed by atoms with Crippen molar-refractivity contribution in [1.82, 2.24) is 10.3 Å². The minimum atomic E-state index is -0.491. The first-order valence-electron chi connectivity index (χ1n) is 9.33. The van der Waals surface area contributed by atoms with Gasteiger partial charge in [-0.3, -0.25) is 10.1 Å². The number of thiazole rings is 1. The smallest absolute Gasteiger partial charge is 0.261 e. The Morgan fingerprint density at radius 3 is 2.77 bits per heavy atom. The molecule has 1 fully saturated rings. The number of carbonyl (C=O) groups excluding carboxylic acids is 1. The molecule has 0 radical (unpaired) electrons. The predicted octanol–water partition coefficient (Wildman–Crippen LogP) is 4.58. The number of halogens is 2. The molecule has 31 heavy (non-hydrogen) atoms. The third-order valence-corrected chi connectivity index (χ3v) is 6.29. The van der Waals surface area contributed by atoms with Gasteiger partial charge >= 0.3 is 0 Å². The molecule has 1 aliphatic rings. The van der Waals surface area contributed by atoms with Crippen LogP contribution in [0.2, 0.25) is 10.0 Å². The van der Waals surface area contributed by atoms with E-state index >= 15 is 0 Å². The van der Waals surface area contributed by atoms with Gasteiger partial charge < -0.3 is 19.7 Å². The topological polar surface area (TPSA) is 75.7 Å². The van der Waals surface area contributed by atoms with Gasteiger partial charge in [0.1, 0.15) is 5.75 Å². The van der Waals surface area contributed by atoms with Crippen molar-refractivity contribution in [2.45, 2.75) is 0 Å². The zero-order valence-electron chi connectivity index (χ0n) is 16.4. The largest absolute Gasteiger partial charge is 0.494 e. The fourth-order valence-electron chi connectivity index (χ4n) is 3.22. The Morgan fingerprint density at radius 2 is 2.03 bits per heavy atom. The van der Waals surface area contributed by atoms with Crippen LogP contribution in [0.25, 0.3) is 10.2 Å². The Bertz CT molecular complexity index is 1150. The van der Waals surface area contributed by atoms with Crippen molar-refractivity contribution in [2.75, 3.05) is 43.6 Å². The molecular weight excluding hydrogens is 479 g/mol. The molecule has 3 aromatic rings. The number of morpholine rings is 1. The van der Waals surface area contributed by atoms with Crippen molar-refractivity contribution >= 4 is 78.8 Å². The molecule has 7 nitrogen and oxygen atoms in total. The summed E-state index contributed by atoms with van der Waals surface area (Å²) in [5.41, 5.74) is 2.16. The number of benzene rings is 2. The molecule has 1 amide bonds. The quantitative estimate of drug-likeness (QED) is 0.512. The highest BCUT2D eigenvalue weighted by Gasteiger charge is 2.18. The summed E-state index contributed by atoms with van der Waals surface area (Å²) >= 11 is 18.9. The summed E-state index contributed by atoms with van der Waals surface area (Å²) < 4.78 is 11.6. The van der Waals surface area contributed by atoms with Crippen LogP contribution < -0.4 is 20.3 Å². The van der Waals surface area contributed by atoms with Gasteiger partial charge in [-0.2, -0.15) is 0 Å². The van der Waals surface area contributed by atoms with Crippen LogP contribution in [-0.2, 0) is 4.74 Å². The number of amides is 1. The predicted molar refractivity (Wildman–Crippen MR) is 129 cm³/mol. The van der Waals surface area contributed by atoms with Crippen molar-refractivity contribution in [2.24, 2.45) is 0 Å². The number of nitrogens with zero attached hydrogens (tertiary/aromatic N) is 2. The molecule has 0 spiro atoms. The van der Waals surface area contributed by atoms with E-state index in [2.05, 4.69) is 26.6 Å². The molecule has 0 aliphatic carbocycles. The summed E-state index contributed by atoms with van der Waals surface area (Å²) in [5, 5.41) is 6.81. The Balaban J connectivity index is 1.46. The number of ether oxygens (including phenoxy) is 2. The highest BCUT2D eigenvalue weighted by molar-refractivity contribution is 7.80. The Labute approximate surface area is 198 Å². The second-order valence-corrected chi connectivity index (χ2v) is 8.93. The molecule has 4 rings (SSSR count). The molecule has 1 aliphatic heterocycles. The fraction of sp³-hybridized carbons (Fsp3) is 0.250. The number of rotatable bonds is 4. The number of thiocarbonyl (C=S) groups is 1. The van der Waals surface area contributed by atoms with Crippen molar-refractivity contribution in [3.63, 3.8) is 0 Å². The van der Waals surface area contributed by atoms with Gasteiger partial charge in [0, 0.05) is 23.8 Å². The fourth-order valence-corrected chi connectivity index (χ4v) is 4.95. The normalized spacial score (nSPS) is 13.8. The van der Waals surface area contributed by atoms with Gasteiger partial charge in [-0.05, 0) is 42.5 Å². The molecule has 2 N–H and O–H groups in total. The minimum Gasteiger partial charge on any atom is -0.494 e. The van der Waals surface area contributed by atoms with E-state index in [0.29, 0.717) is 10.2 Å². The lowest BCUT2D eigenvalue weighted by atomic mass is 10.2. The van der Waals surface area contributed by atoms with E-state index in [9.17, 15) is 4.79 Å². The molecule has 0 atom stereocenters. The zero-order chi connectivity index (χ0) is 22.0. The van der Waals surface area contributed by atoms with Gasteiger partial charge in [0.15, 0.2) is 10.2 Å². The van der Waals surface area contributed by atoms with E-state index in [4.69, 9.17) is 44.9 Å². The van der Waals surface area contributed by atoms with Gasteiger partial charge in [-0.15, -0.1) is 0 Å². The van der Waals surface area contributed by atoms with Crippen molar-refractivity contribution in [3.8, 4) is 5.75 Å². The second-order valence-electron chi connectivity index (χ2n) is 6.65. The van der Waals surface area contributed by atoms with Crippen LogP contribution in [0.4, 0.5) is 10.8 Å². The maximum Gasteiger partial charge on any atom is 0.261 e. The van der Waals surface area contributed by atoms with Crippen LogP contribution in [0.5, 0.6) is 5.75 Å². The SMILES string of the molecule is COc1c(Cl)cc(Cl)cc1C(=O)NC(=S)Nc1nc2ccc(N3CCOCC3)cc2s1. The molecule has 1 saturated heterocycles. The van der Waals surface area contributed by atoms with Gasteiger partial charge in [0.05, 0.1) is 41.1 Å². The number of aromatic nitrogens is 1. The van der Waals surface area contributed by atoms with Gasteiger partial charge in [0.25, 0.3) is 5.91 Å². The number of hydrogen-bond acceptors (Lipinski definition) is 7. The van der Waals surface area contributed by atoms with Crippen LogP contribution in [0.1, 0.15) is 10.4 Å². The van der Waals surface area contributed by atoms with Crippen molar-refractivity contribution < 1.29 is 14.3 Å². The number of nitrogens with one attached hydrogen (secondary N) is 2. The lowest BCUT2D eigenvalue weighted by Crippen LogP contribution is -2.36. The van der Waals surface area contributed by atoms with E-state index in [1.165, 1.54) is 30.6 Å². The molecule has 0 bridgehead atoms. The van der Waals surface area contributed by atoms with Crippen LogP contribution in [0.3, 0.4) is 0 Å². The van der Waals surface area contributed by atoms with Gasteiger partial charge in [-0.25, -0.2) is 4.98 Å². The van der Waals surface area contributed by atoms with Crippen molar-refractivity contribution in [1.29, 1.82) is 0 Å². The number of fused-ring (bicyclic) bond motifs is 1. The number of anilines is 2. The maximum atomic E-state index is 12.7. The first kappa shape index (κ1) is 22.0. The third-order valence-electron chi connectivity index (χ3n) is 4.65. The Hall–Kier alpha value is -2.17. The van der Waals surface area contributed by atoms with E-state index in [0.717, 1.165) is 42.2 Å². The standard InChI is InChI=1S/C20H18Cl2N4O3S2/c1-28-17-13(8-11(21)9-14(17)22)18(27)24-19(30)25-20-23-15-3-2-12(10-16(15)31-20)26-4-6-29-7-5-26/h2-3,8-10H,4-7H2,1H3,(H2,23,24,25,27,30). The molecule has 2 aromatic carbocycles. The zero-order valence-corrected chi connectivity index (χ0v) is 19.6. The lowest BCUT2D eigenvalue weighted by Gasteiger charge is -2.28.